The Hall–Kier alpha value is -3.80. The van der Waals surface area contributed by atoms with Gasteiger partial charge in [0.2, 0.25) is 11.2 Å². The predicted molar refractivity (Wildman–Crippen MR) is 101 cm³/mol. The predicted octanol–water partition coefficient (Wildman–Crippen LogP) is 3.95. The summed E-state index contributed by atoms with van der Waals surface area (Å²) in [6, 6.07) is 11.1. The van der Waals surface area contributed by atoms with Crippen molar-refractivity contribution in [2.75, 3.05) is 0 Å². The summed E-state index contributed by atoms with van der Waals surface area (Å²) in [6.07, 6.45) is 3.31. The molecule has 2 aromatic carbocycles. The minimum absolute atomic E-state index is 0.0863. The summed E-state index contributed by atoms with van der Waals surface area (Å²) in [5, 5.41) is 29.9. The van der Waals surface area contributed by atoms with Crippen LogP contribution in [0.4, 0.5) is 0 Å². The molecule has 0 aliphatic carbocycles. The van der Waals surface area contributed by atoms with Gasteiger partial charge in [0.25, 0.3) is 0 Å². The van der Waals surface area contributed by atoms with E-state index in [2.05, 4.69) is 4.98 Å². The smallest absolute Gasteiger partial charge is 0.235 e. The lowest BCUT2D eigenvalue weighted by atomic mass is 10.0. The van der Waals surface area contributed by atoms with Gasteiger partial charge in [-0.1, -0.05) is 6.07 Å². The Morgan fingerprint density at radius 1 is 0.963 bits per heavy atom. The highest BCUT2D eigenvalue weighted by Crippen LogP contribution is 2.37. The molecule has 0 bridgehead atoms. The van der Waals surface area contributed by atoms with E-state index >= 15 is 0 Å². The number of fused-ring (bicyclic) bond motifs is 1. The van der Waals surface area contributed by atoms with Crippen LogP contribution >= 0.6 is 0 Å². The van der Waals surface area contributed by atoms with Gasteiger partial charge in [-0.05, 0) is 48.9 Å². The van der Waals surface area contributed by atoms with Crippen molar-refractivity contribution < 1.29 is 19.7 Å². The Labute approximate surface area is 153 Å². The molecule has 2 heterocycles. The molecule has 27 heavy (non-hydrogen) atoms. The fourth-order valence-electron chi connectivity index (χ4n) is 3.03. The standard InChI is InChI=1S/C21H15NO5/c1-11-7-14(13-3-2-6-22-10-13)21-15(8-11)18(25)19(26)20(27-21)12-4-5-16(23)17(24)9-12/h2-10,23-24,26H,1H3. The number of aryl methyl sites for hydroxylation is 1. The van der Waals surface area contributed by atoms with Gasteiger partial charge >= 0.3 is 0 Å². The lowest BCUT2D eigenvalue weighted by molar-refractivity contribution is 0.403. The molecule has 0 saturated heterocycles. The monoisotopic (exact) mass is 361 g/mol. The van der Waals surface area contributed by atoms with Crippen molar-refractivity contribution >= 4 is 11.0 Å². The van der Waals surface area contributed by atoms with Gasteiger partial charge in [0.05, 0.1) is 5.39 Å². The van der Waals surface area contributed by atoms with Crippen LogP contribution < -0.4 is 5.43 Å². The molecule has 0 atom stereocenters. The van der Waals surface area contributed by atoms with Crippen LogP contribution in [0.25, 0.3) is 33.4 Å². The van der Waals surface area contributed by atoms with E-state index in [1.807, 2.05) is 19.1 Å². The summed E-state index contributed by atoms with van der Waals surface area (Å²) in [5.74, 6) is -1.34. The van der Waals surface area contributed by atoms with Crippen molar-refractivity contribution in [2.45, 2.75) is 6.92 Å². The average molecular weight is 361 g/mol. The molecule has 134 valence electrons. The number of rotatable bonds is 2. The maximum absolute atomic E-state index is 12.8. The quantitative estimate of drug-likeness (QED) is 0.467. The summed E-state index contributed by atoms with van der Waals surface area (Å²) >= 11 is 0. The Bertz CT molecular complexity index is 1230. The molecule has 3 N–H and O–H groups in total. The van der Waals surface area contributed by atoms with Crippen LogP contribution in [0, 0.1) is 6.92 Å². The van der Waals surface area contributed by atoms with Gasteiger partial charge in [-0.2, -0.15) is 0 Å². The molecule has 0 radical (unpaired) electrons. The van der Waals surface area contributed by atoms with E-state index in [-0.39, 0.29) is 28.2 Å². The van der Waals surface area contributed by atoms with Crippen molar-refractivity contribution in [3.63, 3.8) is 0 Å². The number of aromatic nitrogens is 1. The Kier molecular flexibility index (Phi) is 3.81. The largest absolute Gasteiger partial charge is 0.504 e. The van der Waals surface area contributed by atoms with E-state index in [9.17, 15) is 20.1 Å². The van der Waals surface area contributed by atoms with Crippen LogP contribution in [0.15, 0.2) is 64.1 Å². The molecular formula is C21H15NO5. The highest BCUT2D eigenvalue weighted by molar-refractivity contribution is 5.94. The zero-order chi connectivity index (χ0) is 19.1. The molecular weight excluding hydrogens is 346 g/mol. The van der Waals surface area contributed by atoms with Crippen molar-refractivity contribution in [3.8, 4) is 39.7 Å². The van der Waals surface area contributed by atoms with Crippen molar-refractivity contribution in [2.24, 2.45) is 0 Å². The Balaban J connectivity index is 2.08. The van der Waals surface area contributed by atoms with Gasteiger partial charge in [-0.3, -0.25) is 9.78 Å². The zero-order valence-corrected chi connectivity index (χ0v) is 14.3. The number of hydrogen-bond donors (Lipinski definition) is 3. The minimum Gasteiger partial charge on any atom is -0.504 e. The Morgan fingerprint density at radius 2 is 1.78 bits per heavy atom. The third-order valence-corrected chi connectivity index (χ3v) is 4.32. The number of hydrogen-bond acceptors (Lipinski definition) is 6. The van der Waals surface area contributed by atoms with Gasteiger partial charge in [0.15, 0.2) is 17.3 Å². The molecule has 0 amide bonds. The Morgan fingerprint density at radius 3 is 2.48 bits per heavy atom. The number of phenolic OH excluding ortho intramolecular Hbond substituents is 2. The molecule has 6 heteroatoms. The topological polar surface area (TPSA) is 104 Å². The molecule has 0 saturated carbocycles. The number of aromatic hydroxyl groups is 3. The second-order valence-corrected chi connectivity index (χ2v) is 6.24. The van der Waals surface area contributed by atoms with E-state index in [0.29, 0.717) is 11.1 Å². The summed E-state index contributed by atoms with van der Waals surface area (Å²) < 4.78 is 5.92. The zero-order valence-electron chi connectivity index (χ0n) is 14.3. The number of phenols is 2. The summed E-state index contributed by atoms with van der Waals surface area (Å²) in [6.45, 7) is 1.85. The lowest BCUT2D eigenvalue weighted by Crippen LogP contribution is -2.04. The van der Waals surface area contributed by atoms with E-state index in [0.717, 1.165) is 11.1 Å². The van der Waals surface area contributed by atoms with Crippen LogP contribution in [0.3, 0.4) is 0 Å². The molecule has 0 aliphatic rings. The summed E-state index contributed by atoms with van der Waals surface area (Å²) in [7, 11) is 0. The van der Waals surface area contributed by atoms with Crippen molar-refractivity contribution in [1.82, 2.24) is 4.98 Å². The van der Waals surface area contributed by atoms with Crippen LogP contribution in [0.5, 0.6) is 17.2 Å². The molecule has 0 unspecified atom stereocenters. The highest BCUT2D eigenvalue weighted by Gasteiger charge is 2.19. The van der Waals surface area contributed by atoms with E-state index in [1.165, 1.54) is 18.2 Å². The van der Waals surface area contributed by atoms with Crippen LogP contribution in [0.1, 0.15) is 5.56 Å². The number of benzene rings is 2. The van der Waals surface area contributed by atoms with Gasteiger partial charge < -0.3 is 19.7 Å². The van der Waals surface area contributed by atoms with E-state index in [1.54, 1.807) is 24.5 Å². The normalized spacial score (nSPS) is 11.0. The van der Waals surface area contributed by atoms with Gasteiger partial charge in [-0.15, -0.1) is 0 Å². The third kappa shape index (κ3) is 2.77. The van der Waals surface area contributed by atoms with Gasteiger partial charge in [0.1, 0.15) is 5.58 Å². The van der Waals surface area contributed by atoms with Crippen molar-refractivity contribution in [1.29, 1.82) is 0 Å². The van der Waals surface area contributed by atoms with Crippen molar-refractivity contribution in [3.05, 3.63) is 70.6 Å². The van der Waals surface area contributed by atoms with Crippen LogP contribution in [0.2, 0.25) is 0 Å². The summed E-state index contributed by atoms with van der Waals surface area (Å²) in [5.41, 5.74) is 2.26. The summed E-state index contributed by atoms with van der Waals surface area (Å²) in [4.78, 5) is 16.9. The first-order valence-electron chi connectivity index (χ1n) is 8.19. The SMILES string of the molecule is Cc1cc(-c2cccnc2)c2oc(-c3ccc(O)c(O)c3)c(O)c(=O)c2c1. The minimum atomic E-state index is -0.576. The van der Waals surface area contributed by atoms with Crippen LogP contribution in [-0.2, 0) is 0 Å². The fourth-order valence-corrected chi connectivity index (χ4v) is 3.03. The first-order valence-corrected chi connectivity index (χ1v) is 8.19. The maximum Gasteiger partial charge on any atom is 0.235 e. The average Bonchev–Trinajstić information content (AvgIpc) is 2.67. The third-order valence-electron chi connectivity index (χ3n) is 4.32. The molecule has 0 spiro atoms. The molecule has 2 aromatic heterocycles. The van der Waals surface area contributed by atoms with Gasteiger partial charge in [-0.25, -0.2) is 0 Å². The first kappa shape index (κ1) is 16.7. The first-order chi connectivity index (χ1) is 13.0. The second-order valence-electron chi connectivity index (χ2n) is 6.24. The number of nitrogens with zero attached hydrogens (tertiary/aromatic N) is 1. The van der Waals surface area contributed by atoms with Gasteiger partial charge in [0, 0.05) is 29.1 Å². The number of pyridine rings is 1. The fraction of sp³-hybridized carbons (Fsp3) is 0.0476. The maximum atomic E-state index is 12.8. The van der Waals surface area contributed by atoms with Crippen LogP contribution in [-0.4, -0.2) is 20.3 Å². The lowest BCUT2D eigenvalue weighted by Gasteiger charge is -2.11. The highest BCUT2D eigenvalue weighted by atomic mass is 16.4. The molecule has 0 aliphatic heterocycles. The second kappa shape index (κ2) is 6.17. The molecule has 0 fully saturated rings. The molecule has 6 nitrogen and oxygen atoms in total. The molecule has 4 rings (SSSR count). The molecule has 4 aromatic rings. The van der Waals surface area contributed by atoms with E-state index < -0.39 is 11.2 Å². The van der Waals surface area contributed by atoms with E-state index in [4.69, 9.17) is 4.42 Å².